The Balaban J connectivity index is 1.71. The van der Waals surface area contributed by atoms with Crippen molar-refractivity contribution in [3.8, 4) is 0 Å². The maximum atomic E-state index is 12.4. The Morgan fingerprint density at radius 2 is 2.05 bits per heavy atom. The first-order chi connectivity index (χ1) is 10.6. The van der Waals surface area contributed by atoms with Crippen molar-refractivity contribution in [2.45, 2.75) is 12.6 Å². The number of piperazine rings is 1. The number of hydrogen-bond donors (Lipinski definition) is 0. The molecule has 1 aromatic carbocycles. The Labute approximate surface area is 132 Å². The van der Waals surface area contributed by atoms with E-state index in [1.165, 1.54) is 7.11 Å². The molecule has 0 bridgehead atoms. The number of hydrogen-bond acceptors (Lipinski definition) is 5. The molecule has 1 atom stereocenters. The molecule has 0 aliphatic carbocycles. The van der Waals surface area contributed by atoms with Gasteiger partial charge in [0.15, 0.2) is 0 Å². The van der Waals surface area contributed by atoms with Gasteiger partial charge >= 0.3 is 5.97 Å². The molecule has 0 saturated carbocycles. The standard InChI is InChI=1S/C15H16N2O4S/c1-21-15(20)11-4-2-10(3-5-11)6-16-7-13(18)17-9-22-8-12(17)14(16)19/h2-5,12H,6-9H2,1H3/t12-/m1/s1. The monoisotopic (exact) mass is 320 g/mol. The summed E-state index contributed by atoms with van der Waals surface area (Å²) in [6.07, 6.45) is 0. The van der Waals surface area contributed by atoms with Crippen LogP contribution in [0.4, 0.5) is 0 Å². The summed E-state index contributed by atoms with van der Waals surface area (Å²) in [4.78, 5) is 39.1. The predicted octanol–water partition coefficient (Wildman–Crippen LogP) is 0.717. The Bertz CT molecular complexity index is 616. The topological polar surface area (TPSA) is 66.9 Å². The van der Waals surface area contributed by atoms with E-state index in [1.807, 2.05) is 0 Å². The fourth-order valence-corrected chi connectivity index (χ4v) is 3.83. The van der Waals surface area contributed by atoms with Crippen molar-refractivity contribution in [3.05, 3.63) is 35.4 Å². The van der Waals surface area contributed by atoms with Gasteiger partial charge in [0.25, 0.3) is 0 Å². The lowest BCUT2D eigenvalue weighted by Gasteiger charge is -2.35. The average Bonchev–Trinajstić information content (AvgIpc) is 3.03. The second-order valence-corrected chi connectivity index (χ2v) is 6.26. The molecule has 2 aliphatic rings. The summed E-state index contributed by atoms with van der Waals surface area (Å²) in [5.74, 6) is 0.885. The third kappa shape index (κ3) is 2.68. The molecule has 0 radical (unpaired) electrons. The number of benzene rings is 1. The van der Waals surface area contributed by atoms with Crippen LogP contribution >= 0.6 is 11.8 Å². The first-order valence-corrected chi connectivity index (χ1v) is 8.09. The number of carbonyl (C=O) groups excluding carboxylic acids is 3. The molecule has 2 aliphatic heterocycles. The number of carbonyl (C=O) groups is 3. The molecule has 2 saturated heterocycles. The van der Waals surface area contributed by atoms with Gasteiger partial charge < -0.3 is 14.5 Å². The molecule has 0 spiro atoms. The van der Waals surface area contributed by atoms with Crippen LogP contribution in [0.5, 0.6) is 0 Å². The highest BCUT2D eigenvalue weighted by molar-refractivity contribution is 7.99. The highest BCUT2D eigenvalue weighted by Gasteiger charge is 2.42. The van der Waals surface area contributed by atoms with Crippen LogP contribution in [-0.2, 0) is 20.9 Å². The van der Waals surface area contributed by atoms with Crippen LogP contribution in [0.2, 0.25) is 0 Å². The number of thioether (sulfide) groups is 1. The summed E-state index contributed by atoms with van der Waals surface area (Å²) in [6.45, 7) is 0.496. The summed E-state index contributed by atoms with van der Waals surface area (Å²) < 4.78 is 4.65. The molecule has 22 heavy (non-hydrogen) atoms. The van der Waals surface area contributed by atoms with Crippen LogP contribution in [0.25, 0.3) is 0 Å². The van der Waals surface area contributed by atoms with Gasteiger partial charge in [0.05, 0.1) is 18.6 Å². The molecule has 2 amide bonds. The number of fused-ring (bicyclic) bond motifs is 1. The number of esters is 1. The molecule has 1 aromatic rings. The van der Waals surface area contributed by atoms with Crippen molar-refractivity contribution < 1.29 is 19.1 Å². The highest BCUT2D eigenvalue weighted by Crippen LogP contribution is 2.26. The molecule has 0 aromatic heterocycles. The molecule has 3 rings (SSSR count). The summed E-state index contributed by atoms with van der Waals surface area (Å²) in [6, 6.07) is 6.56. The second kappa shape index (κ2) is 6.00. The third-order valence-corrected chi connectivity index (χ3v) is 4.89. The smallest absolute Gasteiger partial charge is 0.337 e. The third-order valence-electron chi connectivity index (χ3n) is 3.87. The van der Waals surface area contributed by atoms with Gasteiger partial charge in [-0.2, -0.15) is 0 Å². The van der Waals surface area contributed by atoms with E-state index in [4.69, 9.17) is 0 Å². The van der Waals surface area contributed by atoms with Crippen molar-refractivity contribution in [2.24, 2.45) is 0 Å². The predicted molar refractivity (Wildman–Crippen MR) is 81.2 cm³/mol. The maximum Gasteiger partial charge on any atom is 0.337 e. The molecular formula is C15H16N2O4S. The fraction of sp³-hybridized carbons (Fsp3) is 0.400. The van der Waals surface area contributed by atoms with E-state index in [1.54, 1.807) is 45.8 Å². The molecule has 6 nitrogen and oxygen atoms in total. The Hall–Kier alpha value is -2.02. The van der Waals surface area contributed by atoms with Crippen molar-refractivity contribution in [1.82, 2.24) is 9.80 Å². The lowest BCUT2D eigenvalue weighted by Crippen LogP contribution is -2.57. The number of methoxy groups -OCH3 is 1. The minimum Gasteiger partial charge on any atom is -0.465 e. The van der Waals surface area contributed by atoms with Crippen LogP contribution < -0.4 is 0 Å². The van der Waals surface area contributed by atoms with Gasteiger partial charge in [-0.3, -0.25) is 9.59 Å². The molecule has 2 heterocycles. The van der Waals surface area contributed by atoms with Crippen LogP contribution in [0.15, 0.2) is 24.3 Å². The first-order valence-electron chi connectivity index (χ1n) is 6.93. The maximum absolute atomic E-state index is 12.4. The number of amides is 2. The fourth-order valence-electron chi connectivity index (χ4n) is 2.65. The van der Waals surface area contributed by atoms with Gasteiger partial charge in [0, 0.05) is 12.3 Å². The minimum absolute atomic E-state index is 0.000723. The Morgan fingerprint density at radius 1 is 1.32 bits per heavy atom. The average molecular weight is 320 g/mol. The van der Waals surface area contributed by atoms with E-state index in [0.29, 0.717) is 23.7 Å². The van der Waals surface area contributed by atoms with Gasteiger partial charge in [-0.25, -0.2) is 4.79 Å². The highest BCUT2D eigenvalue weighted by atomic mass is 32.2. The second-order valence-electron chi connectivity index (χ2n) is 5.26. The molecular weight excluding hydrogens is 304 g/mol. The summed E-state index contributed by atoms with van der Waals surface area (Å²) in [5, 5.41) is 0. The van der Waals surface area contributed by atoms with E-state index in [0.717, 1.165) is 5.56 Å². The van der Waals surface area contributed by atoms with Gasteiger partial charge in [0.2, 0.25) is 11.8 Å². The minimum atomic E-state index is -0.394. The zero-order valence-electron chi connectivity index (χ0n) is 12.2. The molecule has 2 fully saturated rings. The Morgan fingerprint density at radius 3 is 2.73 bits per heavy atom. The van der Waals surface area contributed by atoms with Crippen LogP contribution in [0, 0.1) is 0 Å². The summed E-state index contributed by atoms with van der Waals surface area (Å²) >= 11 is 1.61. The normalized spacial score (nSPS) is 21.0. The van der Waals surface area contributed by atoms with Crippen molar-refractivity contribution in [3.63, 3.8) is 0 Å². The lowest BCUT2D eigenvalue weighted by molar-refractivity contribution is -0.153. The van der Waals surface area contributed by atoms with E-state index in [2.05, 4.69) is 4.74 Å². The van der Waals surface area contributed by atoms with Gasteiger partial charge in [-0.1, -0.05) is 12.1 Å². The zero-order valence-corrected chi connectivity index (χ0v) is 13.0. The van der Waals surface area contributed by atoms with Gasteiger partial charge in [0.1, 0.15) is 12.6 Å². The molecule has 7 heteroatoms. The SMILES string of the molecule is COC(=O)c1ccc(CN2CC(=O)N3CSC[C@@H]3C2=O)cc1. The number of rotatable bonds is 3. The number of nitrogens with zero attached hydrogens (tertiary/aromatic N) is 2. The number of ether oxygens (including phenoxy) is 1. The summed E-state index contributed by atoms with van der Waals surface area (Å²) in [5.41, 5.74) is 1.35. The van der Waals surface area contributed by atoms with Crippen LogP contribution in [-0.4, -0.2) is 58.9 Å². The van der Waals surface area contributed by atoms with E-state index < -0.39 is 5.97 Å². The van der Waals surface area contributed by atoms with E-state index >= 15 is 0 Å². The van der Waals surface area contributed by atoms with Crippen LogP contribution in [0.3, 0.4) is 0 Å². The van der Waals surface area contributed by atoms with Gasteiger partial charge in [-0.05, 0) is 17.7 Å². The summed E-state index contributed by atoms with van der Waals surface area (Å²) in [7, 11) is 1.33. The quantitative estimate of drug-likeness (QED) is 0.768. The van der Waals surface area contributed by atoms with Crippen molar-refractivity contribution >= 4 is 29.5 Å². The van der Waals surface area contributed by atoms with Crippen molar-refractivity contribution in [1.29, 1.82) is 0 Å². The molecule has 0 unspecified atom stereocenters. The largest absolute Gasteiger partial charge is 0.465 e. The lowest BCUT2D eigenvalue weighted by atomic mass is 10.1. The van der Waals surface area contributed by atoms with E-state index in [-0.39, 0.29) is 24.4 Å². The Kier molecular flexibility index (Phi) is 4.06. The van der Waals surface area contributed by atoms with Gasteiger partial charge in [-0.15, -0.1) is 11.8 Å². The van der Waals surface area contributed by atoms with Crippen molar-refractivity contribution in [2.75, 3.05) is 25.3 Å². The molecule has 0 N–H and O–H groups in total. The van der Waals surface area contributed by atoms with E-state index in [9.17, 15) is 14.4 Å². The first kappa shape index (κ1) is 14.9. The molecule has 116 valence electrons. The zero-order chi connectivity index (χ0) is 15.7. The van der Waals surface area contributed by atoms with Crippen LogP contribution in [0.1, 0.15) is 15.9 Å².